The molecule has 7 heteroatoms. The highest BCUT2D eigenvalue weighted by Gasteiger charge is 2.66. The standard InChI is InChI=1S/C16H21F4NO2/c1-4-8(3)12(15(17)18)13-9-6-10(9)16(19,20)14(13)21-7-11(22)23-5-2/h9-10,15,21H,4-7H2,1-3H3. The van der Waals surface area contributed by atoms with Gasteiger partial charge in [-0.15, -0.1) is 0 Å². The molecule has 1 N–H and O–H groups in total. The molecule has 23 heavy (non-hydrogen) atoms. The minimum atomic E-state index is -3.21. The Morgan fingerprint density at radius 2 is 2.04 bits per heavy atom. The number of carbonyl (C=O) groups excluding carboxylic acids is 1. The first-order valence-corrected chi connectivity index (χ1v) is 7.75. The fraction of sp³-hybridized carbons (Fsp3) is 0.688. The summed E-state index contributed by atoms with van der Waals surface area (Å²) in [6.45, 7) is 4.52. The van der Waals surface area contributed by atoms with Crippen LogP contribution >= 0.6 is 0 Å². The summed E-state index contributed by atoms with van der Waals surface area (Å²) in [5, 5.41) is 2.37. The van der Waals surface area contributed by atoms with Crippen molar-refractivity contribution in [3.8, 4) is 0 Å². The SMILES string of the molecule is CCOC(=O)CNC1=C(C(=C(C)CC)C(F)F)C2CC2C1(F)F. The molecule has 0 saturated heterocycles. The summed E-state index contributed by atoms with van der Waals surface area (Å²) in [5.41, 5.74) is -0.439. The fourth-order valence-electron chi connectivity index (χ4n) is 3.11. The van der Waals surface area contributed by atoms with Crippen LogP contribution < -0.4 is 5.32 Å². The second-order valence-corrected chi connectivity index (χ2v) is 5.87. The van der Waals surface area contributed by atoms with Crippen molar-refractivity contribution in [1.82, 2.24) is 5.32 Å². The zero-order chi connectivity index (χ0) is 17.4. The minimum absolute atomic E-state index is 0.00125. The number of rotatable bonds is 7. The Hall–Kier alpha value is -1.53. The lowest BCUT2D eigenvalue weighted by molar-refractivity contribution is -0.142. The third kappa shape index (κ3) is 3.23. The second kappa shape index (κ2) is 6.53. The number of nitrogens with one attached hydrogen (secondary N) is 1. The van der Waals surface area contributed by atoms with E-state index in [0.29, 0.717) is 12.0 Å². The highest BCUT2D eigenvalue weighted by atomic mass is 19.3. The summed E-state index contributed by atoms with van der Waals surface area (Å²) >= 11 is 0. The normalized spacial score (nSPS) is 26.1. The number of hydrogen-bond donors (Lipinski definition) is 1. The summed E-state index contributed by atoms with van der Waals surface area (Å²) < 4.78 is 60.4. The molecule has 1 fully saturated rings. The van der Waals surface area contributed by atoms with E-state index in [1.807, 2.05) is 0 Å². The molecule has 0 spiro atoms. The van der Waals surface area contributed by atoms with Gasteiger partial charge >= 0.3 is 5.97 Å². The van der Waals surface area contributed by atoms with Crippen LogP contribution in [0.1, 0.15) is 33.6 Å². The Balaban J connectivity index is 2.38. The van der Waals surface area contributed by atoms with Gasteiger partial charge in [0.15, 0.2) is 0 Å². The molecular formula is C16H21F4NO2. The van der Waals surface area contributed by atoms with Gasteiger partial charge in [0, 0.05) is 11.5 Å². The molecule has 2 aliphatic carbocycles. The van der Waals surface area contributed by atoms with E-state index in [1.54, 1.807) is 13.8 Å². The van der Waals surface area contributed by atoms with Crippen molar-refractivity contribution in [1.29, 1.82) is 0 Å². The lowest BCUT2D eigenvalue weighted by atomic mass is 9.95. The summed E-state index contributed by atoms with van der Waals surface area (Å²) in [4.78, 5) is 11.4. The van der Waals surface area contributed by atoms with Gasteiger partial charge < -0.3 is 10.1 Å². The van der Waals surface area contributed by atoms with Crippen molar-refractivity contribution in [2.45, 2.75) is 46.0 Å². The van der Waals surface area contributed by atoms with Gasteiger partial charge in [0.2, 0.25) is 0 Å². The first-order valence-electron chi connectivity index (χ1n) is 7.75. The molecule has 0 heterocycles. The number of esters is 1. The van der Waals surface area contributed by atoms with Gasteiger partial charge in [0.25, 0.3) is 12.3 Å². The van der Waals surface area contributed by atoms with Gasteiger partial charge in [-0.3, -0.25) is 4.79 Å². The van der Waals surface area contributed by atoms with Crippen molar-refractivity contribution in [3.63, 3.8) is 0 Å². The number of allylic oxidation sites excluding steroid dienone is 4. The van der Waals surface area contributed by atoms with Crippen LogP contribution in [0.3, 0.4) is 0 Å². The largest absolute Gasteiger partial charge is 0.465 e. The van der Waals surface area contributed by atoms with E-state index in [9.17, 15) is 22.4 Å². The summed E-state index contributed by atoms with van der Waals surface area (Å²) in [6, 6.07) is 0. The van der Waals surface area contributed by atoms with Crippen LogP contribution in [0.2, 0.25) is 0 Å². The van der Waals surface area contributed by atoms with Crippen LogP contribution in [0.25, 0.3) is 0 Å². The molecule has 3 nitrogen and oxygen atoms in total. The van der Waals surface area contributed by atoms with E-state index in [0.717, 1.165) is 0 Å². The maximum absolute atomic E-state index is 14.4. The predicted molar refractivity (Wildman–Crippen MR) is 77.2 cm³/mol. The third-order valence-corrected chi connectivity index (χ3v) is 4.44. The number of carbonyl (C=O) groups is 1. The van der Waals surface area contributed by atoms with Crippen LogP contribution in [0.15, 0.2) is 22.4 Å². The van der Waals surface area contributed by atoms with Crippen LogP contribution in [-0.2, 0) is 9.53 Å². The van der Waals surface area contributed by atoms with Crippen LogP contribution in [0.4, 0.5) is 17.6 Å². The highest BCUT2D eigenvalue weighted by molar-refractivity contribution is 5.72. The molecule has 0 amide bonds. The Kier molecular flexibility index (Phi) is 5.06. The van der Waals surface area contributed by atoms with E-state index in [-0.39, 0.29) is 24.2 Å². The van der Waals surface area contributed by atoms with Crippen LogP contribution in [-0.4, -0.2) is 31.5 Å². The van der Waals surface area contributed by atoms with Crippen molar-refractivity contribution in [2.75, 3.05) is 13.2 Å². The Morgan fingerprint density at radius 3 is 2.57 bits per heavy atom. The van der Waals surface area contributed by atoms with Gasteiger partial charge in [-0.1, -0.05) is 12.5 Å². The van der Waals surface area contributed by atoms with E-state index in [4.69, 9.17) is 4.74 Å². The average Bonchev–Trinajstić information content (AvgIpc) is 3.22. The summed E-state index contributed by atoms with van der Waals surface area (Å²) in [5.74, 6) is -5.40. The molecule has 1 saturated carbocycles. The smallest absolute Gasteiger partial charge is 0.325 e. The number of halogens is 4. The van der Waals surface area contributed by atoms with Gasteiger partial charge in [-0.05, 0) is 38.2 Å². The zero-order valence-electron chi connectivity index (χ0n) is 13.4. The molecule has 2 atom stereocenters. The number of hydrogen-bond acceptors (Lipinski definition) is 3. The van der Waals surface area contributed by atoms with Gasteiger partial charge in [-0.25, -0.2) is 8.78 Å². The number of ether oxygens (including phenoxy) is 1. The van der Waals surface area contributed by atoms with Gasteiger partial charge in [-0.2, -0.15) is 8.78 Å². The Morgan fingerprint density at radius 1 is 1.39 bits per heavy atom. The Labute approximate surface area is 132 Å². The molecule has 130 valence electrons. The van der Waals surface area contributed by atoms with Gasteiger partial charge in [0.1, 0.15) is 6.54 Å². The molecule has 0 aliphatic heterocycles. The molecular weight excluding hydrogens is 314 g/mol. The van der Waals surface area contributed by atoms with E-state index in [2.05, 4.69) is 5.32 Å². The quantitative estimate of drug-likeness (QED) is 0.570. The van der Waals surface area contributed by atoms with Crippen LogP contribution in [0.5, 0.6) is 0 Å². The van der Waals surface area contributed by atoms with E-state index >= 15 is 0 Å². The van der Waals surface area contributed by atoms with E-state index in [1.165, 1.54) is 6.92 Å². The molecule has 0 aromatic rings. The predicted octanol–water partition coefficient (Wildman–Crippen LogP) is 3.67. The second-order valence-electron chi connectivity index (χ2n) is 5.87. The number of alkyl halides is 4. The lowest BCUT2D eigenvalue weighted by Gasteiger charge is -2.22. The minimum Gasteiger partial charge on any atom is -0.465 e. The maximum Gasteiger partial charge on any atom is 0.325 e. The van der Waals surface area contributed by atoms with Gasteiger partial charge in [0.05, 0.1) is 12.3 Å². The molecule has 2 rings (SSSR count). The molecule has 0 aromatic carbocycles. The molecule has 0 aromatic heterocycles. The fourth-order valence-corrected chi connectivity index (χ4v) is 3.11. The lowest BCUT2D eigenvalue weighted by Crippen LogP contribution is -2.35. The third-order valence-electron chi connectivity index (χ3n) is 4.44. The molecule has 0 bridgehead atoms. The molecule has 2 aliphatic rings. The zero-order valence-corrected chi connectivity index (χ0v) is 13.4. The van der Waals surface area contributed by atoms with Crippen LogP contribution in [0, 0.1) is 11.8 Å². The average molecular weight is 335 g/mol. The van der Waals surface area contributed by atoms with Crippen molar-refractivity contribution in [3.05, 3.63) is 22.4 Å². The molecule has 0 radical (unpaired) electrons. The van der Waals surface area contributed by atoms with Crippen molar-refractivity contribution >= 4 is 5.97 Å². The summed E-state index contributed by atoms with van der Waals surface area (Å²) in [7, 11) is 0. The highest BCUT2D eigenvalue weighted by Crippen LogP contribution is 2.64. The maximum atomic E-state index is 14.4. The van der Waals surface area contributed by atoms with Crippen molar-refractivity contribution in [2.24, 2.45) is 11.8 Å². The molecule has 2 unspecified atom stereocenters. The van der Waals surface area contributed by atoms with E-state index < -0.39 is 42.4 Å². The Bertz CT molecular complexity index is 554. The first-order chi connectivity index (χ1) is 10.8. The van der Waals surface area contributed by atoms with Crippen molar-refractivity contribution < 1.29 is 27.1 Å². The first kappa shape index (κ1) is 17.8. The topological polar surface area (TPSA) is 38.3 Å². The number of fused-ring (bicyclic) bond motifs is 1. The summed E-state index contributed by atoms with van der Waals surface area (Å²) in [6.07, 6.45) is -2.25. The monoisotopic (exact) mass is 335 g/mol.